The highest BCUT2D eigenvalue weighted by Crippen LogP contribution is 2.26. The van der Waals surface area contributed by atoms with Crippen LogP contribution in [0.5, 0.6) is 0 Å². The number of hydroxylamine groups is 2. The molecule has 0 radical (unpaired) electrons. The van der Waals surface area contributed by atoms with Crippen molar-refractivity contribution >= 4 is 17.8 Å². The van der Waals surface area contributed by atoms with Gasteiger partial charge in [-0.15, -0.1) is 0 Å². The zero-order valence-electron chi connectivity index (χ0n) is 12.6. The number of hydrogen-bond donors (Lipinski definition) is 0. The Balaban J connectivity index is 1.81. The fourth-order valence-corrected chi connectivity index (χ4v) is 2.63. The predicted octanol–water partition coefficient (Wildman–Crippen LogP) is 2.93. The molecule has 5 nitrogen and oxygen atoms in total. The van der Waals surface area contributed by atoms with E-state index in [1.165, 1.54) is 12.1 Å². The van der Waals surface area contributed by atoms with Gasteiger partial charge in [-0.25, -0.2) is 4.79 Å². The minimum Gasteiger partial charge on any atom is -0.329 e. The molecule has 1 aliphatic rings. The van der Waals surface area contributed by atoms with Gasteiger partial charge in [-0.05, 0) is 24.1 Å². The van der Waals surface area contributed by atoms with E-state index < -0.39 is 23.7 Å². The van der Waals surface area contributed by atoms with Crippen LogP contribution in [0.25, 0.3) is 0 Å². The van der Waals surface area contributed by atoms with E-state index in [0.717, 1.165) is 5.56 Å². The van der Waals surface area contributed by atoms with Crippen molar-refractivity contribution in [3.8, 4) is 0 Å². The van der Waals surface area contributed by atoms with Crippen LogP contribution in [-0.4, -0.2) is 22.8 Å². The molecule has 1 unspecified atom stereocenters. The lowest BCUT2D eigenvalue weighted by Crippen LogP contribution is -2.34. The fourth-order valence-electron chi connectivity index (χ4n) is 2.63. The van der Waals surface area contributed by atoms with Gasteiger partial charge in [-0.3, -0.25) is 9.59 Å². The second-order valence-corrected chi connectivity index (χ2v) is 5.23. The molecule has 0 aromatic heterocycles. The minimum atomic E-state index is -0.617. The molecule has 0 aliphatic carbocycles. The van der Waals surface area contributed by atoms with E-state index in [-0.39, 0.29) is 11.1 Å². The van der Waals surface area contributed by atoms with Gasteiger partial charge in [0.05, 0.1) is 17.0 Å². The van der Waals surface area contributed by atoms with Gasteiger partial charge in [-0.2, -0.15) is 0 Å². The van der Waals surface area contributed by atoms with Crippen molar-refractivity contribution in [1.29, 1.82) is 0 Å². The van der Waals surface area contributed by atoms with Crippen LogP contribution in [0, 0.1) is 0 Å². The van der Waals surface area contributed by atoms with Crippen molar-refractivity contribution < 1.29 is 19.2 Å². The number of fused-ring (bicyclic) bond motifs is 1. The average molecular weight is 309 g/mol. The summed E-state index contributed by atoms with van der Waals surface area (Å²) < 4.78 is 0. The molecule has 1 heterocycles. The van der Waals surface area contributed by atoms with Gasteiger partial charge in [0.2, 0.25) is 0 Å². The first-order valence-electron chi connectivity index (χ1n) is 7.38. The van der Waals surface area contributed by atoms with Gasteiger partial charge < -0.3 is 4.84 Å². The molecule has 0 spiro atoms. The molecule has 116 valence electrons. The first kappa shape index (κ1) is 15.0. The fraction of sp³-hybridized carbons (Fsp3) is 0.167. The molecular formula is C18H15NO4. The Kier molecular flexibility index (Phi) is 3.93. The normalized spacial score (nSPS) is 14.6. The van der Waals surface area contributed by atoms with Gasteiger partial charge in [0, 0.05) is 0 Å². The summed E-state index contributed by atoms with van der Waals surface area (Å²) in [5, 5.41) is 0.554. The largest absolute Gasteiger partial charge is 0.340 e. The maximum Gasteiger partial charge on any atom is 0.340 e. The lowest BCUT2D eigenvalue weighted by Gasteiger charge is -2.18. The molecule has 0 fully saturated rings. The van der Waals surface area contributed by atoms with Crippen LogP contribution in [0.15, 0.2) is 54.6 Å². The van der Waals surface area contributed by atoms with Gasteiger partial charge in [0.15, 0.2) is 0 Å². The molecule has 1 atom stereocenters. The molecule has 0 saturated heterocycles. The smallest absolute Gasteiger partial charge is 0.329 e. The standard InChI is InChI=1S/C18H15NO4/c1-2-13(12-8-4-3-5-9-12)18(22)23-19-16(20)14-10-6-7-11-15(14)17(19)21/h3-11,13H,2H2,1H3. The number of carbonyl (C=O) groups is 3. The van der Waals surface area contributed by atoms with E-state index in [2.05, 4.69) is 0 Å². The van der Waals surface area contributed by atoms with Crippen LogP contribution in [0.3, 0.4) is 0 Å². The van der Waals surface area contributed by atoms with Gasteiger partial charge in [-0.1, -0.05) is 54.5 Å². The highest BCUT2D eigenvalue weighted by molar-refractivity contribution is 6.20. The number of imide groups is 1. The molecule has 0 N–H and O–H groups in total. The van der Waals surface area contributed by atoms with Crippen molar-refractivity contribution in [2.75, 3.05) is 0 Å². The molecule has 0 bridgehead atoms. The number of amides is 2. The third-order valence-electron chi connectivity index (χ3n) is 3.83. The molecule has 0 saturated carbocycles. The third-order valence-corrected chi connectivity index (χ3v) is 3.83. The summed E-state index contributed by atoms with van der Waals surface area (Å²) in [6, 6.07) is 15.5. The molecule has 3 rings (SSSR count). The summed E-state index contributed by atoms with van der Waals surface area (Å²) in [4.78, 5) is 42.0. The zero-order chi connectivity index (χ0) is 16.4. The van der Waals surface area contributed by atoms with Gasteiger partial charge in [0.25, 0.3) is 11.8 Å². The van der Waals surface area contributed by atoms with E-state index in [9.17, 15) is 14.4 Å². The van der Waals surface area contributed by atoms with Crippen LogP contribution < -0.4 is 0 Å². The van der Waals surface area contributed by atoms with E-state index in [0.29, 0.717) is 11.5 Å². The number of hydrogen-bond acceptors (Lipinski definition) is 4. The van der Waals surface area contributed by atoms with Crippen molar-refractivity contribution in [2.45, 2.75) is 19.3 Å². The number of carbonyl (C=O) groups excluding carboxylic acids is 3. The zero-order valence-corrected chi connectivity index (χ0v) is 12.6. The van der Waals surface area contributed by atoms with Gasteiger partial charge in [0.1, 0.15) is 0 Å². The van der Waals surface area contributed by atoms with E-state index in [4.69, 9.17) is 4.84 Å². The van der Waals surface area contributed by atoms with Crippen molar-refractivity contribution in [2.24, 2.45) is 0 Å². The predicted molar refractivity (Wildman–Crippen MR) is 82.5 cm³/mol. The maximum atomic E-state index is 12.4. The monoisotopic (exact) mass is 309 g/mol. The summed E-state index contributed by atoms with van der Waals surface area (Å²) in [5.74, 6) is -2.36. The summed E-state index contributed by atoms with van der Waals surface area (Å²) in [6.07, 6.45) is 0.506. The Labute approximate surface area is 133 Å². The summed E-state index contributed by atoms with van der Waals surface area (Å²) >= 11 is 0. The van der Waals surface area contributed by atoms with Crippen LogP contribution in [0.1, 0.15) is 45.5 Å². The highest BCUT2D eigenvalue weighted by Gasteiger charge is 2.39. The summed E-state index contributed by atoms with van der Waals surface area (Å²) in [7, 11) is 0. The van der Waals surface area contributed by atoms with Crippen LogP contribution in [0.2, 0.25) is 0 Å². The molecule has 2 aromatic carbocycles. The first-order chi connectivity index (χ1) is 11.1. The Morgan fingerprint density at radius 1 is 0.957 bits per heavy atom. The van der Waals surface area contributed by atoms with Crippen molar-refractivity contribution in [3.05, 3.63) is 71.3 Å². The topological polar surface area (TPSA) is 63.7 Å². The summed E-state index contributed by atoms with van der Waals surface area (Å²) in [6.45, 7) is 1.85. The first-order valence-corrected chi connectivity index (χ1v) is 7.38. The quantitative estimate of drug-likeness (QED) is 0.815. The molecule has 23 heavy (non-hydrogen) atoms. The molecular weight excluding hydrogens is 294 g/mol. The second-order valence-electron chi connectivity index (χ2n) is 5.23. The van der Waals surface area contributed by atoms with Crippen molar-refractivity contribution in [1.82, 2.24) is 5.06 Å². The lowest BCUT2D eigenvalue weighted by molar-refractivity contribution is -0.170. The van der Waals surface area contributed by atoms with Gasteiger partial charge >= 0.3 is 5.97 Å². The van der Waals surface area contributed by atoms with Crippen LogP contribution in [-0.2, 0) is 9.63 Å². The molecule has 1 aliphatic heterocycles. The van der Waals surface area contributed by atoms with Crippen molar-refractivity contribution in [3.63, 3.8) is 0 Å². The Morgan fingerprint density at radius 3 is 2.00 bits per heavy atom. The number of nitrogens with zero attached hydrogens (tertiary/aromatic N) is 1. The van der Waals surface area contributed by atoms with E-state index >= 15 is 0 Å². The van der Waals surface area contributed by atoms with E-state index in [1.807, 2.05) is 37.3 Å². The SMILES string of the molecule is CCC(C(=O)ON1C(=O)c2ccccc2C1=O)c1ccccc1. The second kappa shape index (κ2) is 6.04. The Bertz CT molecular complexity index is 735. The summed E-state index contributed by atoms with van der Waals surface area (Å²) in [5.41, 5.74) is 1.28. The minimum absolute atomic E-state index is 0.248. The third kappa shape index (κ3) is 2.61. The number of benzene rings is 2. The highest BCUT2D eigenvalue weighted by atomic mass is 16.7. The van der Waals surface area contributed by atoms with Crippen LogP contribution in [0.4, 0.5) is 0 Å². The van der Waals surface area contributed by atoms with Crippen LogP contribution >= 0.6 is 0 Å². The number of rotatable bonds is 4. The maximum absolute atomic E-state index is 12.4. The molecule has 2 amide bonds. The Morgan fingerprint density at radius 2 is 1.48 bits per heavy atom. The lowest BCUT2D eigenvalue weighted by atomic mass is 9.97. The molecule has 2 aromatic rings. The average Bonchev–Trinajstić information content (AvgIpc) is 2.82. The van der Waals surface area contributed by atoms with E-state index in [1.54, 1.807) is 12.1 Å². The Hall–Kier alpha value is -2.95. The molecule has 5 heteroatoms.